The van der Waals surface area contributed by atoms with Crippen molar-refractivity contribution in [3.63, 3.8) is 0 Å². The van der Waals surface area contributed by atoms with Crippen LogP contribution in [0.5, 0.6) is 0 Å². The van der Waals surface area contributed by atoms with Crippen LogP contribution in [0.25, 0.3) is 0 Å². The number of nitrogens with one attached hydrogen (secondary N) is 1. The van der Waals surface area contributed by atoms with Gasteiger partial charge in [-0.15, -0.1) is 0 Å². The quantitative estimate of drug-likeness (QED) is 0.756. The van der Waals surface area contributed by atoms with Crippen molar-refractivity contribution in [1.82, 2.24) is 15.1 Å². The van der Waals surface area contributed by atoms with E-state index in [9.17, 15) is 14.4 Å². The summed E-state index contributed by atoms with van der Waals surface area (Å²) in [6.45, 7) is 4.29. The van der Waals surface area contributed by atoms with Gasteiger partial charge in [-0.3, -0.25) is 9.59 Å². The van der Waals surface area contributed by atoms with E-state index in [-0.39, 0.29) is 24.0 Å². The minimum absolute atomic E-state index is 0.000348. The molecular weight excluding hydrogens is 412 g/mol. The van der Waals surface area contributed by atoms with Crippen molar-refractivity contribution in [1.29, 1.82) is 0 Å². The van der Waals surface area contributed by atoms with Crippen LogP contribution in [0.1, 0.15) is 36.0 Å². The van der Waals surface area contributed by atoms with Crippen LogP contribution in [-0.4, -0.2) is 92.8 Å². The molecule has 0 aromatic heterocycles. The summed E-state index contributed by atoms with van der Waals surface area (Å²) in [4.78, 5) is 43.2. The average Bonchev–Trinajstić information content (AvgIpc) is 3.39. The van der Waals surface area contributed by atoms with Gasteiger partial charge >= 0.3 is 6.09 Å². The second-order valence-corrected chi connectivity index (χ2v) is 8.53. The molecule has 174 valence electrons. The topological polar surface area (TPSA) is 91.4 Å². The van der Waals surface area contributed by atoms with Crippen molar-refractivity contribution in [3.05, 3.63) is 29.8 Å². The van der Waals surface area contributed by atoms with Crippen LogP contribution in [0, 0.1) is 0 Å². The zero-order valence-corrected chi connectivity index (χ0v) is 18.6. The Labute approximate surface area is 188 Å². The molecule has 3 saturated heterocycles. The van der Waals surface area contributed by atoms with Crippen molar-refractivity contribution in [3.8, 4) is 0 Å². The largest absolute Gasteiger partial charge is 0.453 e. The normalized spacial score (nSPS) is 22.0. The molecule has 0 radical (unpaired) electrons. The van der Waals surface area contributed by atoms with E-state index in [0.29, 0.717) is 38.3 Å². The first-order valence-corrected chi connectivity index (χ1v) is 11.4. The van der Waals surface area contributed by atoms with Crippen LogP contribution >= 0.6 is 0 Å². The highest BCUT2D eigenvalue weighted by Gasteiger charge is 2.32. The number of methoxy groups -OCH3 is 1. The maximum atomic E-state index is 13.3. The molecule has 0 bridgehead atoms. The van der Waals surface area contributed by atoms with Gasteiger partial charge in [0, 0.05) is 57.6 Å². The van der Waals surface area contributed by atoms with Crippen molar-refractivity contribution < 1.29 is 23.9 Å². The number of anilines is 1. The number of amides is 3. The number of benzene rings is 1. The van der Waals surface area contributed by atoms with E-state index < -0.39 is 6.09 Å². The van der Waals surface area contributed by atoms with Gasteiger partial charge in [-0.1, -0.05) is 12.1 Å². The summed E-state index contributed by atoms with van der Waals surface area (Å²) in [7, 11) is 1.37. The molecule has 9 nitrogen and oxygen atoms in total. The Hall–Kier alpha value is -2.81. The van der Waals surface area contributed by atoms with E-state index in [1.807, 2.05) is 34.1 Å². The fraction of sp³-hybridized carbons (Fsp3) is 0.609. The van der Waals surface area contributed by atoms with Crippen molar-refractivity contribution in [2.24, 2.45) is 0 Å². The van der Waals surface area contributed by atoms with Gasteiger partial charge in [0.1, 0.15) is 6.10 Å². The number of piperidine rings is 1. The standard InChI is InChI=1S/C23H32N4O5/c1-31-23(30)24-17-8-10-25(11-9-17)19-6-3-2-5-18(19)21(28)26-12-14-27(15-13-26)22(29)20-7-4-16-32-20/h2-3,5-6,17,20H,4,7-16H2,1H3,(H,24,30). The minimum Gasteiger partial charge on any atom is -0.453 e. The van der Waals surface area contributed by atoms with E-state index >= 15 is 0 Å². The maximum absolute atomic E-state index is 13.3. The highest BCUT2D eigenvalue weighted by atomic mass is 16.5. The van der Waals surface area contributed by atoms with Crippen molar-refractivity contribution in [2.45, 2.75) is 37.8 Å². The van der Waals surface area contributed by atoms with Crippen LogP contribution in [0.4, 0.5) is 10.5 Å². The molecule has 1 aromatic carbocycles. The lowest BCUT2D eigenvalue weighted by Crippen LogP contribution is -2.53. The number of hydrogen-bond acceptors (Lipinski definition) is 6. The third kappa shape index (κ3) is 4.98. The number of carbonyl (C=O) groups excluding carboxylic acids is 3. The summed E-state index contributed by atoms with van der Waals surface area (Å²) < 4.78 is 10.2. The van der Waals surface area contributed by atoms with E-state index in [1.54, 1.807) is 0 Å². The molecule has 1 atom stereocenters. The fourth-order valence-corrected chi connectivity index (χ4v) is 4.70. The molecule has 3 fully saturated rings. The molecule has 3 aliphatic heterocycles. The first-order valence-electron chi connectivity index (χ1n) is 11.4. The number of ether oxygens (including phenoxy) is 2. The lowest BCUT2D eigenvalue weighted by molar-refractivity contribution is -0.142. The Morgan fingerprint density at radius 3 is 2.31 bits per heavy atom. The van der Waals surface area contributed by atoms with E-state index in [2.05, 4.69) is 15.0 Å². The molecule has 0 aliphatic carbocycles. The summed E-state index contributed by atoms with van der Waals surface area (Å²) in [6.07, 6.45) is 2.59. The molecule has 1 aromatic rings. The van der Waals surface area contributed by atoms with Gasteiger partial charge in [0.05, 0.1) is 12.7 Å². The van der Waals surface area contributed by atoms with E-state index in [1.165, 1.54) is 7.11 Å². The summed E-state index contributed by atoms with van der Waals surface area (Å²) in [6, 6.07) is 7.78. The summed E-state index contributed by atoms with van der Waals surface area (Å²) in [5.41, 5.74) is 1.61. The molecule has 32 heavy (non-hydrogen) atoms. The zero-order chi connectivity index (χ0) is 22.5. The second kappa shape index (κ2) is 10.2. The Kier molecular flexibility index (Phi) is 7.14. The average molecular weight is 445 g/mol. The molecule has 3 heterocycles. The Morgan fingerprint density at radius 2 is 1.66 bits per heavy atom. The molecule has 4 rings (SSSR count). The lowest BCUT2D eigenvalue weighted by atomic mass is 10.0. The molecule has 0 saturated carbocycles. The number of carbonyl (C=O) groups is 3. The van der Waals surface area contributed by atoms with Crippen molar-refractivity contribution >= 4 is 23.6 Å². The Bertz CT molecular complexity index is 825. The summed E-state index contributed by atoms with van der Waals surface area (Å²) >= 11 is 0. The van der Waals surface area contributed by atoms with Crippen LogP contribution in [0.2, 0.25) is 0 Å². The lowest BCUT2D eigenvalue weighted by Gasteiger charge is -2.37. The highest BCUT2D eigenvalue weighted by molar-refractivity contribution is 6.00. The number of hydrogen-bond donors (Lipinski definition) is 1. The van der Waals surface area contributed by atoms with Crippen LogP contribution in [0.15, 0.2) is 24.3 Å². The number of rotatable bonds is 4. The minimum atomic E-state index is -0.406. The van der Waals surface area contributed by atoms with Gasteiger partial charge in [0.25, 0.3) is 11.8 Å². The van der Waals surface area contributed by atoms with Crippen molar-refractivity contribution in [2.75, 3.05) is 57.9 Å². The zero-order valence-electron chi connectivity index (χ0n) is 18.6. The second-order valence-electron chi connectivity index (χ2n) is 8.53. The van der Waals surface area contributed by atoms with Crippen LogP contribution < -0.4 is 10.2 Å². The molecule has 3 amide bonds. The monoisotopic (exact) mass is 444 g/mol. The third-order valence-electron chi connectivity index (χ3n) is 6.56. The Balaban J connectivity index is 1.35. The highest BCUT2D eigenvalue weighted by Crippen LogP contribution is 2.26. The van der Waals surface area contributed by atoms with Gasteiger partial charge < -0.3 is 29.5 Å². The molecule has 1 unspecified atom stereocenters. The number of alkyl carbamates (subject to hydrolysis) is 1. The predicted octanol–water partition coefficient (Wildman–Crippen LogP) is 1.47. The fourth-order valence-electron chi connectivity index (χ4n) is 4.70. The number of nitrogens with zero attached hydrogens (tertiary/aromatic N) is 3. The van der Waals surface area contributed by atoms with Crippen LogP contribution in [-0.2, 0) is 14.3 Å². The first kappa shape index (κ1) is 22.4. The predicted molar refractivity (Wildman–Crippen MR) is 119 cm³/mol. The van der Waals surface area contributed by atoms with Gasteiger partial charge in [-0.2, -0.15) is 0 Å². The third-order valence-corrected chi connectivity index (χ3v) is 6.56. The Morgan fingerprint density at radius 1 is 0.969 bits per heavy atom. The molecule has 1 N–H and O–H groups in total. The molecular formula is C23H32N4O5. The van der Waals surface area contributed by atoms with E-state index in [4.69, 9.17) is 4.74 Å². The summed E-state index contributed by atoms with van der Waals surface area (Å²) in [5, 5.41) is 2.86. The summed E-state index contributed by atoms with van der Waals surface area (Å²) in [5.74, 6) is 0.0538. The van der Waals surface area contributed by atoms with Gasteiger partial charge in [-0.25, -0.2) is 4.79 Å². The van der Waals surface area contributed by atoms with E-state index in [0.717, 1.165) is 44.5 Å². The molecule has 3 aliphatic rings. The SMILES string of the molecule is COC(=O)NC1CCN(c2ccccc2C(=O)N2CCN(C(=O)C3CCCO3)CC2)CC1. The van der Waals surface area contributed by atoms with Gasteiger partial charge in [0.15, 0.2) is 0 Å². The number of para-hydroxylation sites is 1. The van der Waals surface area contributed by atoms with Gasteiger partial charge in [0.2, 0.25) is 0 Å². The first-order chi connectivity index (χ1) is 15.6. The van der Waals surface area contributed by atoms with Gasteiger partial charge in [-0.05, 0) is 37.8 Å². The maximum Gasteiger partial charge on any atom is 0.407 e. The number of piperazine rings is 1. The molecule has 9 heteroatoms. The molecule has 0 spiro atoms. The smallest absolute Gasteiger partial charge is 0.407 e. The van der Waals surface area contributed by atoms with Crippen LogP contribution in [0.3, 0.4) is 0 Å².